The Bertz CT molecular complexity index is 879. The molecule has 0 radical (unpaired) electrons. The average molecular weight is 491 g/mol. The molecule has 1 heterocycles. The molecule has 0 fully saturated rings. The SMILES string of the molecule is CCCCCCCCOc1ccc(-c2nnc(-c3ccc(OCCCCCCCC)cc3)nn2)cc1. The molecule has 0 saturated carbocycles. The third-order valence-corrected chi connectivity index (χ3v) is 6.24. The molecule has 0 atom stereocenters. The molecule has 0 aliphatic heterocycles. The van der Waals surface area contributed by atoms with E-state index in [1.165, 1.54) is 64.2 Å². The van der Waals surface area contributed by atoms with E-state index in [-0.39, 0.29) is 0 Å². The molecule has 0 aliphatic carbocycles. The van der Waals surface area contributed by atoms with Gasteiger partial charge >= 0.3 is 0 Å². The second-order valence-corrected chi connectivity index (χ2v) is 9.33. The highest BCUT2D eigenvalue weighted by Gasteiger charge is 2.08. The second kappa shape index (κ2) is 16.6. The summed E-state index contributed by atoms with van der Waals surface area (Å²) in [6, 6.07) is 15.6. The van der Waals surface area contributed by atoms with E-state index in [0.29, 0.717) is 11.6 Å². The van der Waals surface area contributed by atoms with Crippen LogP contribution in [0.2, 0.25) is 0 Å². The van der Waals surface area contributed by atoms with Crippen molar-refractivity contribution in [1.82, 2.24) is 20.4 Å². The molecule has 0 N–H and O–H groups in total. The summed E-state index contributed by atoms with van der Waals surface area (Å²) in [5, 5.41) is 17.1. The van der Waals surface area contributed by atoms with Gasteiger partial charge in [0.15, 0.2) is 0 Å². The predicted molar refractivity (Wildman–Crippen MR) is 146 cm³/mol. The number of aromatic nitrogens is 4. The number of rotatable bonds is 18. The topological polar surface area (TPSA) is 70.0 Å². The van der Waals surface area contributed by atoms with E-state index < -0.39 is 0 Å². The number of nitrogens with zero attached hydrogens (tertiary/aromatic N) is 4. The van der Waals surface area contributed by atoms with E-state index >= 15 is 0 Å². The van der Waals surface area contributed by atoms with E-state index in [0.717, 1.165) is 48.7 Å². The third-order valence-electron chi connectivity index (χ3n) is 6.24. The summed E-state index contributed by atoms with van der Waals surface area (Å²) in [5.41, 5.74) is 1.74. The fraction of sp³-hybridized carbons (Fsp3) is 0.533. The van der Waals surface area contributed by atoms with Gasteiger partial charge in [0.25, 0.3) is 0 Å². The third kappa shape index (κ3) is 9.92. The normalized spacial score (nSPS) is 10.9. The standard InChI is InChI=1S/C30H42N4O2/c1-3-5-7-9-11-13-23-35-27-19-15-25(16-20-27)29-31-33-30(34-32-29)26-17-21-28(22-18-26)36-24-14-12-10-8-6-4-2/h15-22H,3-14,23-24H2,1-2H3. The van der Waals surface area contributed by atoms with E-state index in [1.54, 1.807) is 0 Å². The van der Waals surface area contributed by atoms with Crippen molar-refractivity contribution in [3.05, 3.63) is 48.5 Å². The van der Waals surface area contributed by atoms with E-state index in [1.807, 2.05) is 48.5 Å². The highest BCUT2D eigenvalue weighted by atomic mass is 16.5. The summed E-state index contributed by atoms with van der Waals surface area (Å²) in [6.07, 6.45) is 15.1. The van der Waals surface area contributed by atoms with Gasteiger partial charge in [0, 0.05) is 11.1 Å². The van der Waals surface area contributed by atoms with Gasteiger partial charge in [-0.3, -0.25) is 0 Å². The maximum Gasteiger partial charge on any atom is 0.203 e. The Morgan fingerprint density at radius 2 is 0.778 bits per heavy atom. The average Bonchev–Trinajstić information content (AvgIpc) is 2.93. The Morgan fingerprint density at radius 1 is 0.444 bits per heavy atom. The molecule has 2 aromatic carbocycles. The molecule has 3 rings (SSSR count). The quantitative estimate of drug-likeness (QED) is 0.168. The summed E-state index contributed by atoms with van der Waals surface area (Å²) in [4.78, 5) is 0. The number of hydrogen-bond donors (Lipinski definition) is 0. The minimum Gasteiger partial charge on any atom is -0.494 e. The maximum atomic E-state index is 5.86. The monoisotopic (exact) mass is 490 g/mol. The Hall–Kier alpha value is -3.02. The van der Waals surface area contributed by atoms with Gasteiger partial charge in [-0.2, -0.15) is 0 Å². The zero-order valence-electron chi connectivity index (χ0n) is 22.1. The van der Waals surface area contributed by atoms with Gasteiger partial charge in [-0.25, -0.2) is 0 Å². The summed E-state index contributed by atoms with van der Waals surface area (Å²) in [6.45, 7) is 5.99. The lowest BCUT2D eigenvalue weighted by Gasteiger charge is -2.07. The van der Waals surface area contributed by atoms with Crippen LogP contribution in [0, 0.1) is 0 Å². The largest absolute Gasteiger partial charge is 0.494 e. The summed E-state index contributed by atoms with van der Waals surface area (Å²) < 4.78 is 11.7. The summed E-state index contributed by atoms with van der Waals surface area (Å²) in [7, 11) is 0. The van der Waals surface area contributed by atoms with E-state index in [4.69, 9.17) is 9.47 Å². The molecule has 0 unspecified atom stereocenters. The molecule has 36 heavy (non-hydrogen) atoms. The van der Waals surface area contributed by atoms with Crippen molar-refractivity contribution in [3.63, 3.8) is 0 Å². The molecule has 3 aromatic rings. The Balaban J connectivity index is 1.41. The maximum absolute atomic E-state index is 5.86. The number of hydrogen-bond acceptors (Lipinski definition) is 6. The number of benzene rings is 2. The fourth-order valence-corrected chi connectivity index (χ4v) is 4.01. The first kappa shape index (κ1) is 27.6. The molecular weight excluding hydrogens is 448 g/mol. The lowest BCUT2D eigenvalue weighted by Crippen LogP contribution is -2.00. The molecule has 0 bridgehead atoms. The van der Waals surface area contributed by atoms with Gasteiger partial charge < -0.3 is 9.47 Å². The lowest BCUT2D eigenvalue weighted by atomic mass is 10.1. The van der Waals surface area contributed by atoms with Gasteiger partial charge in [-0.05, 0) is 61.4 Å². The van der Waals surface area contributed by atoms with Crippen molar-refractivity contribution in [3.8, 4) is 34.3 Å². The van der Waals surface area contributed by atoms with Crippen molar-refractivity contribution in [2.45, 2.75) is 90.9 Å². The minimum absolute atomic E-state index is 0.500. The first-order chi connectivity index (χ1) is 17.8. The van der Waals surface area contributed by atoms with Crippen LogP contribution in [0.25, 0.3) is 22.8 Å². The second-order valence-electron chi connectivity index (χ2n) is 9.33. The van der Waals surface area contributed by atoms with E-state index in [9.17, 15) is 0 Å². The van der Waals surface area contributed by atoms with Crippen molar-refractivity contribution in [1.29, 1.82) is 0 Å². The highest BCUT2D eigenvalue weighted by Crippen LogP contribution is 2.22. The molecule has 0 saturated heterocycles. The molecule has 1 aromatic heterocycles. The van der Waals surface area contributed by atoms with E-state index in [2.05, 4.69) is 34.2 Å². The van der Waals surface area contributed by atoms with Crippen molar-refractivity contribution in [2.24, 2.45) is 0 Å². The molecule has 0 spiro atoms. The Morgan fingerprint density at radius 3 is 1.14 bits per heavy atom. The van der Waals surface area contributed by atoms with Crippen LogP contribution in [0.5, 0.6) is 11.5 Å². The number of unbranched alkanes of at least 4 members (excludes halogenated alkanes) is 10. The lowest BCUT2D eigenvalue weighted by molar-refractivity contribution is 0.304. The van der Waals surface area contributed by atoms with Crippen molar-refractivity contribution >= 4 is 0 Å². The molecule has 194 valence electrons. The van der Waals surface area contributed by atoms with Gasteiger partial charge in [0.2, 0.25) is 11.6 Å². The molecule has 0 amide bonds. The fourth-order valence-electron chi connectivity index (χ4n) is 4.01. The van der Waals surface area contributed by atoms with Crippen LogP contribution in [0.4, 0.5) is 0 Å². The first-order valence-electron chi connectivity index (χ1n) is 13.8. The molecule has 6 nitrogen and oxygen atoms in total. The van der Waals surface area contributed by atoms with Crippen LogP contribution in [0.15, 0.2) is 48.5 Å². The Labute approximate surface area is 216 Å². The van der Waals surface area contributed by atoms with Crippen LogP contribution in [-0.2, 0) is 0 Å². The van der Waals surface area contributed by atoms with Crippen LogP contribution < -0.4 is 9.47 Å². The molecule has 0 aliphatic rings. The van der Waals surface area contributed by atoms with Crippen LogP contribution >= 0.6 is 0 Å². The van der Waals surface area contributed by atoms with Crippen molar-refractivity contribution in [2.75, 3.05) is 13.2 Å². The summed E-state index contributed by atoms with van der Waals surface area (Å²) in [5.74, 6) is 2.73. The summed E-state index contributed by atoms with van der Waals surface area (Å²) >= 11 is 0. The Kier molecular flexibility index (Phi) is 12.7. The predicted octanol–water partition coefficient (Wildman–Crippen LogP) is 8.08. The van der Waals surface area contributed by atoms with Gasteiger partial charge in [0.05, 0.1) is 13.2 Å². The minimum atomic E-state index is 0.500. The van der Waals surface area contributed by atoms with Crippen LogP contribution in [0.3, 0.4) is 0 Å². The van der Waals surface area contributed by atoms with Crippen LogP contribution in [0.1, 0.15) is 90.9 Å². The number of ether oxygens (including phenoxy) is 2. The highest BCUT2D eigenvalue weighted by molar-refractivity contribution is 5.58. The van der Waals surface area contributed by atoms with Gasteiger partial charge in [0.1, 0.15) is 11.5 Å². The van der Waals surface area contributed by atoms with Crippen LogP contribution in [-0.4, -0.2) is 33.6 Å². The van der Waals surface area contributed by atoms with Gasteiger partial charge in [-0.15, -0.1) is 20.4 Å². The first-order valence-corrected chi connectivity index (χ1v) is 13.8. The zero-order valence-corrected chi connectivity index (χ0v) is 22.1. The van der Waals surface area contributed by atoms with Gasteiger partial charge in [-0.1, -0.05) is 78.1 Å². The smallest absolute Gasteiger partial charge is 0.203 e. The molecular formula is C30H42N4O2. The molecule has 6 heteroatoms. The van der Waals surface area contributed by atoms with Crippen molar-refractivity contribution < 1.29 is 9.47 Å². The zero-order chi connectivity index (χ0) is 25.3.